The molecule has 9 nitrogen and oxygen atoms in total. The van der Waals surface area contributed by atoms with E-state index in [1.165, 1.54) is 24.3 Å². The molecule has 2 heterocycles. The molecule has 1 saturated carbocycles. The lowest BCUT2D eigenvalue weighted by atomic mass is 10.2. The van der Waals surface area contributed by atoms with E-state index < -0.39 is 16.2 Å². The fourth-order valence-corrected chi connectivity index (χ4v) is 3.97. The SMILES string of the molecule is NC(=O)OS(=O)(=O)c1ccc(NCc2cn3cc(C4CC4)cc(F)c3n2)cc1N. The van der Waals surface area contributed by atoms with Gasteiger partial charge in [0.15, 0.2) is 11.5 Å². The van der Waals surface area contributed by atoms with Gasteiger partial charge in [-0.25, -0.2) is 14.2 Å². The zero-order valence-corrected chi connectivity index (χ0v) is 15.9. The average Bonchev–Trinajstić information content (AvgIpc) is 3.38. The van der Waals surface area contributed by atoms with Crippen molar-refractivity contribution in [3.63, 3.8) is 0 Å². The maximum atomic E-state index is 14.3. The van der Waals surface area contributed by atoms with Gasteiger partial charge in [0.1, 0.15) is 4.90 Å². The smallest absolute Gasteiger partial charge is 0.398 e. The first kappa shape index (κ1) is 19.0. The lowest BCUT2D eigenvalue weighted by Gasteiger charge is -2.09. The first-order chi connectivity index (χ1) is 13.7. The predicted octanol–water partition coefficient (Wildman–Crippen LogP) is 2.33. The molecule has 0 atom stereocenters. The molecular formula is C18H18FN5O4S. The third-order valence-corrected chi connectivity index (χ3v) is 5.86. The minimum Gasteiger partial charge on any atom is -0.398 e. The van der Waals surface area contributed by atoms with Crippen LogP contribution in [0.3, 0.4) is 0 Å². The van der Waals surface area contributed by atoms with E-state index in [0.29, 0.717) is 17.3 Å². The fourth-order valence-electron chi connectivity index (χ4n) is 3.09. The topological polar surface area (TPSA) is 142 Å². The molecule has 1 aliphatic rings. The summed E-state index contributed by atoms with van der Waals surface area (Å²) in [7, 11) is -4.39. The van der Waals surface area contributed by atoms with Crippen molar-refractivity contribution in [1.82, 2.24) is 9.38 Å². The number of fused-ring (bicyclic) bond motifs is 1. The highest BCUT2D eigenvalue weighted by atomic mass is 32.2. The van der Waals surface area contributed by atoms with Gasteiger partial charge in [-0.15, -0.1) is 0 Å². The molecule has 11 heteroatoms. The van der Waals surface area contributed by atoms with Gasteiger partial charge in [0, 0.05) is 18.1 Å². The van der Waals surface area contributed by atoms with Gasteiger partial charge in [-0.1, -0.05) is 0 Å². The summed E-state index contributed by atoms with van der Waals surface area (Å²) < 4.78 is 43.9. The van der Waals surface area contributed by atoms with E-state index in [0.717, 1.165) is 18.4 Å². The quantitative estimate of drug-likeness (QED) is 0.411. The minimum atomic E-state index is -4.39. The summed E-state index contributed by atoms with van der Waals surface area (Å²) in [5.41, 5.74) is 12.7. The summed E-state index contributed by atoms with van der Waals surface area (Å²) >= 11 is 0. The van der Waals surface area contributed by atoms with Crippen LogP contribution in [0.25, 0.3) is 5.65 Å². The number of nitrogens with two attached hydrogens (primary N) is 2. The van der Waals surface area contributed by atoms with Crippen molar-refractivity contribution in [2.45, 2.75) is 30.2 Å². The minimum absolute atomic E-state index is 0.119. The summed E-state index contributed by atoms with van der Waals surface area (Å²) in [5, 5.41) is 3.05. The van der Waals surface area contributed by atoms with Crippen molar-refractivity contribution in [3.8, 4) is 0 Å². The molecule has 152 valence electrons. The molecule has 0 spiro atoms. The number of nitrogens with zero attached hydrogens (tertiary/aromatic N) is 2. The number of nitrogen functional groups attached to an aromatic ring is 1. The summed E-state index contributed by atoms with van der Waals surface area (Å²) in [6, 6.07) is 5.56. The number of rotatable bonds is 6. The summed E-state index contributed by atoms with van der Waals surface area (Å²) in [5.74, 6) is 0.0584. The van der Waals surface area contributed by atoms with Crippen LogP contribution in [0.1, 0.15) is 30.0 Å². The number of amides is 1. The van der Waals surface area contributed by atoms with Gasteiger partial charge in [0.05, 0.1) is 17.9 Å². The molecule has 3 aromatic rings. The van der Waals surface area contributed by atoms with Crippen LogP contribution < -0.4 is 16.8 Å². The van der Waals surface area contributed by atoms with E-state index in [2.05, 4.69) is 14.5 Å². The van der Waals surface area contributed by atoms with Gasteiger partial charge in [-0.05, 0) is 48.6 Å². The number of anilines is 2. The Morgan fingerprint density at radius 3 is 2.72 bits per heavy atom. The second-order valence-corrected chi connectivity index (χ2v) is 8.34. The van der Waals surface area contributed by atoms with Crippen LogP contribution in [0.5, 0.6) is 0 Å². The maximum Gasteiger partial charge on any atom is 0.420 e. The van der Waals surface area contributed by atoms with Crippen molar-refractivity contribution in [2.24, 2.45) is 5.73 Å². The average molecular weight is 419 g/mol. The van der Waals surface area contributed by atoms with E-state index in [4.69, 9.17) is 11.5 Å². The van der Waals surface area contributed by atoms with Gasteiger partial charge < -0.3 is 25.4 Å². The first-order valence-electron chi connectivity index (χ1n) is 8.77. The van der Waals surface area contributed by atoms with Gasteiger partial charge in [0.2, 0.25) is 0 Å². The number of hydrogen-bond donors (Lipinski definition) is 3. The highest BCUT2D eigenvalue weighted by molar-refractivity contribution is 7.87. The molecule has 2 aromatic heterocycles. The van der Waals surface area contributed by atoms with Gasteiger partial charge in [-0.3, -0.25) is 0 Å². The second-order valence-electron chi connectivity index (χ2n) is 6.82. The number of aromatic nitrogens is 2. The third-order valence-electron chi connectivity index (χ3n) is 4.57. The van der Waals surface area contributed by atoms with E-state index in [-0.39, 0.29) is 28.6 Å². The molecule has 5 N–H and O–H groups in total. The van der Waals surface area contributed by atoms with Crippen LogP contribution in [-0.2, 0) is 20.8 Å². The van der Waals surface area contributed by atoms with Crippen LogP contribution in [-0.4, -0.2) is 23.9 Å². The molecule has 0 radical (unpaired) electrons. The Labute approximate surface area is 165 Å². The molecule has 0 bridgehead atoms. The number of hydrogen-bond acceptors (Lipinski definition) is 7. The van der Waals surface area contributed by atoms with Crippen molar-refractivity contribution < 1.29 is 21.8 Å². The Kier molecular flexibility index (Phi) is 4.53. The molecule has 1 amide bonds. The van der Waals surface area contributed by atoms with Crippen LogP contribution in [0.2, 0.25) is 0 Å². The molecule has 29 heavy (non-hydrogen) atoms. The number of halogens is 1. The molecule has 0 unspecified atom stereocenters. The maximum absolute atomic E-state index is 14.3. The standard InChI is InChI=1S/C18H18FN5O4S/c19-14-5-11(10-1-2-10)8-24-9-13(23-17(14)24)7-22-12-3-4-16(15(20)6-12)29(26,27)28-18(21)25/h3-6,8-10,22H,1-2,7,20H2,(H2,21,25). The van der Waals surface area contributed by atoms with Crippen molar-refractivity contribution in [3.05, 3.63) is 53.7 Å². The number of benzene rings is 1. The normalized spacial score (nSPS) is 14.1. The Balaban J connectivity index is 1.51. The number of carbonyl (C=O) groups excluding carboxylic acids is 1. The Morgan fingerprint density at radius 1 is 1.31 bits per heavy atom. The molecule has 4 rings (SSSR count). The van der Waals surface area contributed by atoms with Crippen LogP contribution in [0.15, 0.2) is 41.6 Å². The third kappa shape index (κ3) is 3.94. The van der Waals surface area contributed by atoms with Crippen molar-refractivity contribution in [1.29, 1.82) is 0 Å². The molecule has 1 fully saturated rings. The monoisotopic (exact) mass is 419 g/mol. The van der Waals surface area contributed by atoms with Crippen molar-refractivity contribution >= 4 is 33.2 Å². The number of imidazole rings is 1. The van der Waals surface area contributed by atoms with Gasteiger partial charge in [-0.2, -0.15) is 8.42 Å². The number of pyridine rings is 1. The first-order valence-corrected chi connectivity index (χ1v) is 10.2. The molecule has 1 aliphatic carbocycles. The Bertz CT molecular complexity index is 1220. The zero-order chi connectivity index (χ0) is 20.8. The lowest BCUT2D eigenvalue weighted by molar-refractivity contribution is 0.213. The van der Waals surface area contributed by atoms with Crippen molar-refractivity contribution in [2.75, 3.05) is 11.1 Å². The van der Waals surface area contributed by atoms with E-state index in [9.17, 15) is 17.6 Å². The Hall–Kier alpha value is -3.34. The summed E-state index contributed by atoms with van der Waals surface area (Å²) in [4.78, 5) is 14.6. The second kappa shape index (κ2) is 6.92. The largest absolute Gasteiger partial charge is 0.420 e. The Morgan fingerprint density at radius 2 is 2.07 bits per heavy atom. The van der Waals surface area contributed by atoms with Crippen LogP contribution >= 0.6 is 0 Å². The number of nitrogens with one attached hydrogen (secondary N) is 1. The highest BCUT2D eigenvalue weighted by Crippen LogP contribution is 2.40. The number of primary amides is 1. The van der Waals surface area contributed by atoms with Crippen LogP contribution in [0.4, 0.5) is 20.6 Å². The highest BCUT2D eigenvalue weighted by Gasteiger charge is 2.25. The number of carbonyl (C=O) groups is 1. The van der Waals surface area contributed by atoms with E-state index in [1.54, 1.807) is 10.6 Å². The molecular weight excluding hydrogens is 401 g/mol. The summed E-state index contributed by atoms with van der Waals surface area (Å²) in [6.45, 7) is 0.267. The summed E-state index contributed by atoms with van der Waals surface area (Å²) in [6.07, 6.45) is 4.33. The van der Waals surface area contributed by atoms with E-state index >= 15 is 0 Å². The zero-order valence-electron chi connectivity index (χ0n) is 15.1. The fraction of sp³-hybridized carbons (Fsp3) is 0.222. The van der Waals surface area contributed by atoms with Gasteiger partial charge >= 0.3 is 16.2 Å². The van der Waals surface area contributed by atoms with Gasteiger partial charge in [0.25, 0.3) is 0 Å². The molecule has 0 aliphatic heterocycles. The van der Waals surface area contributed by atoms with E-state index in [1.807, 2.05) is 6.20 Å². The molecule has 0 saturated heterocycles. The molecule has 1 aromatic carbocycles. The predicted molar refractivity (Wildman–Crippen MR) is 103 cm³/mol. The van der Waals surface area contributed by atoms with Crippen LogP contribution in [0, 0.1) is 5.82 Å². The lowest BCUT2D eigenvalue weighted by Crippen LogP contribution is -2.19.